The molecule has 0 aromatic carbocycles. The number of hydrogen-bond acceptors (Lipinski definition) is 5. The van der Waals surface area contributed by atoms with Crippen LogP contribution in [0, 0.1) is 11.8 Å². The summed E-state index contributed by atoms with van der Waals surface area (Å²) in [6, 6.07) is 3.29. The van der Waals surface area contributed by atoms with E-state index in [-0.39, 0.29) is 48.4 Å². The number of carbonyl (C=O) groups is 4. The summed E-state index contributed by atoms with van der Waals surface area (Å²) in [5.41, 5.74) is 0. The Balaban J connectivity index is 1.27. The third-order valence-corrected chi connectivity index (χ3v) is 5.80. The van der Waals surface area contributed by atoms with Gasteiger partial charge in [0.2, 0.25) is 17.7 Å². The second kappa shape index (κ2) is 7.61. The molecule has 3 aliphatic rings. The van der Waals surface area contributed by atoms with Crippen molar-refractivity contribution in [1.82, 2.24) is 14.7 Å². The van der Waals surface area contributed by atoms with Crippen molar-refractivity contribution in [1.29, 1.82) is 0 Å². The zero-order valence-electron chi connectivity index (χ0n) is 15.6. The fraction of sp³-hybridized carbons (Fsp3) is 0.500. The maximum Gasteiger partial charge on any atom is 0.289 e. The maximum absolute atomic E-state index is 12.5. The molecule has 2 saturated heterocycles. The normalized spacial score (nSPS) is 24.6. The molecule has 148 valence electrons. The summed E-state index contributed by atoms with van der Waals surface area (Å²) in [7, 11) is 0. The molecule has 1 aromatic heterocycles. The number of hydrogen-bond donors (Lipinski definition) is 0. The van der Waals surface area contributed by atoms with Crippen molar-refractivity contribution in [3.63, 3.8) is 0 Å². The molecule has 28 heavy (non-hydrogen) atoms. The van der Waals surface area contributed by atoms with Gasteiger partial charge in [-0.05, 0) is 25.0 Å². The number of piperazine rings is 1. The van der Waals surface area contributed by atoms with Crippen LogP contribution in [-0.4, -0.2) is 71.1 Å². The molecular weight excluding hydrogens is 362 g/mol. The lowest BCUT2D eigenvalue weighted by Gasteiger charge is -2.34. The predicted octanol–water partition coefficient (Wildman–Crippen LogP) is 0.905. The third kappa shape index (κ3) is 3.34. The highest BCUT2D eigenvalue weighted by Gasteiger charge is 2.47. The Kier molecular flexibility index (Phi) is 5.02. The number of imide groups is 1. The van der Waals surface area contributed by atoms with Crippen LogP contribution in [0.2, 0.25) is 0 Å². The first kappa shape index (κ1) is 18.5. The van der Waals surface area contributed by atoms with Crippen LogP contribution < -0.4 is 0 Å². The molecule has 4 amide bonds. The molecule has 0 radical (unpaired) electrons. The second-order valence-corrected chi connectivity index (χ2v) is 7.38. The number of furan rings is 1. The molecule has 0 unspecified atom stereocenters. The molecule has 4 rings (SSSR count). The van der Waals surface area contributed by atoms with Gasteiger partial charge in [-0.3, -0.25) is 24.1 Å². The first-order valence-electron chi connectivity index (χ1n) is 9.67. The highest BCUT2D eigenvalue weighted by atomic mass is 16.3. The lowest BCUT2D eigenvalue weighted by atomic mass is 9.85. The minimum atomic E-state index is -0.260. The van der Waals surface area contributed by atoms with Gasteiger partial charge < -0.3 is 14.2 Å². The molecule has 8 heteroatoms. The number of rotatable bonds is 4. The van der Waals surface area contributed by atoms with Crippen molar-refractivity contribution < 1.29 is 23.6 Å². The van der Waals surface area contributed by atoms with Crippen LogP contribution in [0.25, 0.3) is 0 Å². The van der Waals surface area contributed by atoms with Crippen molar-refractivity contribution in [3.8, 4) is 0 Å². The van der Waals surface area contributed by atoms with E-state index >= 15 is 0 Å². The van der Waals surface area contributed by atoms with Crippen molar-refractivity contribution in [2.24, 2.45) is 11.8 Å². The standard InChI is InChI=1S/C20H23N3O5/c24-17(7-8-23-18(25)14-4-1-2-5-15(14)19(23)26)21-9-11-22(12-10-21)20(27)16-6-3-13-28-16/h1-3,6,13-15H,4-5,7-12H2/t14-,15-/m1/s1. The maximum atomic E-state index is 12.5. The largest absolute Gasteiger partial charge is 0.459 e. The fourth-order valence-corrected chi connectivity index (χ4v) is 4.17. The van der Waals surface area contributed by atoms with Crippen LogP contribution >= 0.6 is 0 Å². The Bertz CT molecular complexity index is 782. The number of amides is 4. The second-order valence-electron chi connectivity index (χ2n) is 7.38. The summed E-state index contributed by atoms with van der Waals surface area (Å²) < 4.78 is 5.13. The van der Waals surface area contributed by atoms with Crippen molar-refractivity contribution >= 4 is 23.6 Å². The lowest BCUT2D eigenvalue weighted by molar-refractivity contribution is -0.141. The van der Waals surface area contributed by atoms with E-state index in [1.54, 1.807) is 21.9 Å². The molecule has 2 atom stereocenters. The quantitative estimate of drug-likeness (QED) is 0.567. The van der Waals surface area contributed by atoms with Gasteiger partial charge in [-0.25, -0.2) is 0 Å². The van der Waals surface area contributed by atoms with Gasteiger partial charge in [0.1, 0.15) is 0 Å². The van der Waals surface area contributed by atoms with E-state index in [2.05, 4.69) is 0 Å². The van der Waals surface area contributed by atoms with Gasteiger partial charge in [0, 0.05) is 39.1 Å². The Labute approximate surface area is 162 Å². The zero-order chi connectivity index (χ0) is 19.7. The number of fused-ring (bicyclic) bond motifs is 1. The smallest absolute Gasteiger partial charge is 0.289 e. The lowest BCUT2D eigenvalue weighted by Crippen LogP contribution is -2.51. The molecule has 1 aromatic rings. The molecule has 2 aliphatic heterocycles. The van der Waals surface area contributed by atoms with E-state index in [1.807, 2.05) is 12.2 Å². The Morgan fingerprint density at radius 2 is 1.57 bits per heavy atom. The Morgan fingerprint density at radius 3 is 2.14 bits per heavy atom. The van der Waals surface area contributed by atoms with Gasteiger partial charge in [-0.15, -0.1) is 0 Å². The zero-order valence-corrected chi connectivity index (χ0v) is 15.6. The van der Waals surface area contributed by atoms with Gasteiger partial charge in [0.05, 0.1) is 18.1 Å². The number of carbonyl (C=O) groups excluding carboxylic acids is 4. The number of allylic oxidation sites excluding steroid dienone is 2. The van der Waals surface area contributed by atoms with Gasteiger partial charge in [0.15, 0.2) is 5.76 Å². The Morgan fingerprint density at radius 1 is 0.964 bits per heavy atom. The van der Waals surface area contributed by atoms with Crippen LogP contribution in [-0.2, 0) is 14.4 Å². The van der Waals surface area contributed by atoms with Gasteiger partial charge in [-0.1, -0.05) is 12.2 Å². The third-order valence-electron chi connectivity index (χ3n) is 5.80. The number of likely N-dealkylation sites (tertiary alicyclic amines) is 1. The molecule has 2 fully saturated rings. The van der Waals surface area contributed by atoms with Gasteiger partial charge >= 0.3 is 0 Å². The molecule has 0 spiro atoms. The minimum Gasteiger partial charge on any atom is -0.459 e. The van der Waals surface area contributed by atoms with Crippen molar-refractivity contribution in [2.45, 2.75) is 19.3 Å². The Hall–Kier alpha value is -2.90. The van der Waals surface area contributed by atoms with E-state index in [0.29, 0.717) is 44.8 Å². The van der Waals surface area contributed by atoms with Crippen LogP contribution in [0.5, 0.6) is 0 Å². The summed E-state index contributed by atoms with van der Waals surface area (Å²) in [5, 5.41) is 0. The van der Waals surface area contributed by atoms with E-state index in [0.717, 1.165) is 0 Å². The van der Waals surface area contributed by atoms with Crippen LogP contribution in [0.1, 0.15) is 29.8 Å². The van der Waals surface area contributed by atoms with E-state index < -0.39 is 0 Å². The van der Waals surface area contributed by atoms with Crippen LogP contribution in [0.15, 0.2) is 35.0 Å². The molecule has 1 aliphatic carbocycles. The molecule has 0 N–H and O–H groups in total. The van der Waals surface area contributed by atoms with E-state index in [9.17, 15) is 19.2 Å². The first-order chi connectivity index (χ1) is 13.6. The summed E-state index contributed by atoms with van der Waals surface area (Å²) in [6.45, 7) is 1.87. The van der Waals surface area contributed by atoms with E-state index in [4.69, 9.17) is 4.42 Å². The molecule has 0 bridgehead atoms. The SMILES string of the molecule is O=C(CCN1C(=O)[C@@H]2CC=CC[C@H]2C1=O)N1CCN(C(=O)c2ccco2)CC1. The average molecular weight is 385 g/mol. The minimum absolute atomic E-state index is 0.0984. The summed E-state index contributed by atoms with van der Waals surface area (Å²) in [4.78, 5) is 54.3. The predicted molar refractivity (Wildman–Crippen MR) is 97.9 cm³/mol. The molecule has 0 saturated carbocycles. The number of nitrogens with zero attached hydrogens (tertiary/aromatic N) is 3. The monoisotopic (exact) mass is 385 g/mol. The van der Waals surface area contributed by atoms with Crippen molar-refractivity contribution in [3.05, 3.63) is 36.3 Å². The molecular formula is C20H23N3O5. The highest BCUT2D eigenvalue weighted by Crippen LogP contribution is 2.35. The van der Waals surface area contributed by atoms with Crippen LogP contribution in [0.3, 0.4) is 0 Å². The molecule has 8 nitrogen and oxygen atoms in total. The first-order valence-corrected chi connectivity index (χ1v) is 9.67. The van der Waals surface area contributed by atoms with E-state index in [1.165, 1.54) is 11.2 Å². The average Bonchev–Trinajstić information content (AvgIpc) is 3.35. The summed E-state index contributed by atoms with van der Waals surface area (Å²) >= 11 is 0. The summed E-state index contributed by atoms with van der Waals surface area (Å²) in [5.74, 6) is -0.809. The van der Waals surface area contributed by atoms with Gasteiger partial charge in [0.25, 0.3) is 5.91 Å². The molecule has 3 heterocycles. The van der Waals surface area contributed by atoms with Crippen LogP contribution in [0.4, 0.5) is 0 Å². The topological polar surface area (TPSA) is 91.1 Å². The fourth-order valence-electron chi connectivity index (χ4n) is 4.17. The van der Waals surface area contributed by atoms with Gasteiger partial charge in [-0.2, -0.15) is 0 Å². The van der Waals surface area contributed by atoms with Crippen molar-refractivity contribution in [2.75, 3.05) is 32.7 Å². The highest BCUT2D eigenvalue weighted by molar-refractivity contribution is 6.05. The summed E-state index contributed by atoms with van der Waals surface area (Å²) in [6.07, 6.45) is 6.68.